The maximum absolute atomic E-state index is 12.5. The minimum atomic E-state index is -3.84. The number of aryl methyl sites for hydroxylation is 1. The molecule has 29 heavy (non-hydrogen) atoms. The van der Waals surface area contributed by atoms with E-state index in [0.717, 1.165) is 9.87 Å². The van der Waals surface area contributed by atoms with Crippen LogP contribution in [-0.4, -0.2) is 50.8 Å². The van der Waals surface area contributed by atoms with Gasteiger partial charge in [-0.2, -0.15) is 4.31 Å². The average molecular weight is 419 g/mol. The molecule has 0 heterocycles. The van der Waals surface area contributed by atoms with Crippen molar-refractivity contribution in [2.75, 3.05) is 20.2 Å². The second kappa shape index (κ2) is 9.67. The van der Waals surface area contributed by atoms with Crippen LogP contribution in [0.25, 0.3) is 0 Å². The van der Waals surface area contributed by atoms with Crippen LogP contribution < -0.4 is 4.74 Å². The number of Topliss-reactive ketones (excluding diaryl/α,β-unsaturated/α-hetero) is 1. The number of ether oxygens (including phenoxy) is 2. The molecule has 0 bridgehead atoms. The third-order valence-electron chi connectivity index (χ3n) is 4.21. The summed E-state index contributed by atoms with van der Waals surface area (Å²) in [5.41, 5.74) is 1.29. The van der Waals surface area contributed by atoms with Gasteiger partial charge < -0.3 is 9.47 Å². The van der Waals surface area contributed by atoms with E-state index in [9.17, 15) is 18.0 Å². The monoisotopic (exact) mass is 419 g/mol. The minimum absolute atomic E-state index is 0.0805. The van der Waals surface area contributed by atoms with Gasteiger partial charge in [0.2, 0.25) is 15.8 Å². The van der Waals surface area contributed by atoms with E-state index in [1.54, 1.807) is 36.4 Å². The van der Waals surface area contributed by atoms with Crippen molar-refractivity contribution in [1.82, 2.24) is 4.31 Å². The molecule has 7 nitrogen and oxygen atoms in total. The number of sulfonamides is 1. The molecule has 0 aliphatic heterocycles. The Kier molecular flexibility index (Phi) is 7.53. The van der Waals surface area contributed by atoms with Crippen molar-refractivity contribution in [2.45, 2.75) is 31.8 Å². The van der Waals surface area contributed by atoms with Crippen LogP contribution in [0, 0.1) is 6.92 Å². The summed E-state index contributed by atoms with van der Waals surface area (Å²) in [5.74, 6) is -0.558. The van der Waals surface area contributed by atoms with Crippen LogP contribution in [0.5, 0.6) is 5.75 Å². The summed E-state index contributed by atoms with van der Waals surface area (Å²) in [4.78, 5) is 24.7. The summed E-state index contributed by atoms with van der Waals surface area (Å²) in [7, 11) is -2.55. The lowest BCUT2D eigenvalue weighted by molar-refractivity contribution is -0.146. The number of rotatable bonds is 9. The van der Waals surface area contributed by atoms with Crippen LogP contribution in [0.1, 0.15) is 29.8 Å². The van der Waals surface area contributed by atoms with E-state index in [-0.39, 0.29) is 10.7 Å². The largest absolute Gasteiger partial charge is 0.494 e. The van der Waals surface area contributed by atoms with Gasteiger partial charge in [-0.1, -0.05) is 17.7 Å². The highest BCUT2D eigenvalue weighted by atomic mass is 32.2. The Morgan fingerprint density at radius 3 is 2.17 bits per heavy atom. The van der Waals surface area contributed by atoms with Crippen LogP contribution >= 0.6 is 0 Å². The Hall–Kier alpha value is -2.71. The van der Waals surface area contributed by atoms with E-state index in [1.165, 1.54) is 26.1 Å². The molecule has 0 aliphatic rings. The zero-order valence-corrected chi connectivity index (χ0v) is 17.7. The molecule has 156 valence electrons. The van der Waals surface area contributed by atoms with E-state index >= 15 is 0 Å². The van der Waals surface area contributed by atoms with Crippen molar-refractivity contribution in [2.24, 2.45) is 0 Å². The molecule has 0 unspecified atom stereocenters. The van der Waals surface area contributed by atoms with Crippen LogP contribution in [-0.2, 0) is 19.6 Å². The number of benzene rings is 2. The molecule has 0 fully saturated rings. The first-order chi connectivity index (χ1) is 13.6. The van der Waals surface area contributed by atoms with Crippen molar-refractivity contribution in [3.63, 3.8) is 0 Å². The second-order valence-corrected chi connectivity index (χ2v) is 8.57. The number of ketones is 1. The highest BCUT2D eigenvalue weighted by Crippen LogP contribution is 2.16. The predicted molar refractivity (Wildman–Crippen MR) is 108 cm³/mol. The number of esters is 1. The second-order valence-electron chi connectivity index (χ2n) is 6.53. The first-order valence-corrected chi connectivity index (χ1v) is 10.6. The van der Waals surface area contributed by atoms with Crippen LogP contribution in [0.2, 0.25) is 0 Å². The molecule has 0 radical (unpaired) electrons. The maximum atomic E-state index is 12.5. The molecule has 2 aromatic carbocycles. The number of carbonyl (C=O) groups excluding carboxylic acids is 2. The average Bonchev–Trinajstić information content (AvgIpc) is 2.68. The molecule has 2 aromatic rings. The summed E-state index contributed by atoms with van der Waals surface area (Å²) in [6.07, 6.45) is -1.05. The fourth-order valence-corrected chi connectivity index (χ4v) is 3.68. The summed E-state index contributed by atoms with van der Waals surface area (Å²) in [6.45, 7) is 5.17. The number of hydrogen-bond acceptors (Lipinski definition) is 6. The molecule has 0 aliphatic carbocycles. The molecule has 0 saturated heterocycles. The third-order valence-corrected chi connectivity index (χ3v) is 6.03. The normalized spacial score (nSPS) is 12.4. The fourth-order valence-electron chi connectivity index (χ4n) is 2.56. The van der Waals surface area contributed by atoms with Gasteiger partial charge in [0.25, 0.3) is 0 Å². The Morgan fingerprint density at radius 2 is 1.62 bits per heavy atom. The molecular weight excluding hydrogens is 394 g/mol. The number of nitrogens with zero attached hydrogens (tertiary/aromatic N) is 1. The molecule has 0 aromatic heterocycles. The Bertz CT molecular complexity index is 952. The van der Waals surface area contributed by atoms with Gasteiger partial charge in [0.1, 0.15) is 12.3 Å². The van der Waals surface area contributed by atoms with E-state index < -0.39 is 28.6 Å². The van der Waals surface area contributed by atoms with Crippen molar-refractivity contribution in [1.29, 1.82) is 0 Å². The summed E-state index contributed by atoms with van der Waals surface area (Å²) in [6, 6.07) is 12.8. The zero-order valence-electron chi connectivity index (χ0n) is 16.9. The smallest absolute Gasteiger partial charge is 0.322 e. The first kappa shape index (κ1) is 22.6. The number of carbonyl (C=O) groups is 2. The van der Waals surface area contributed by atoms with Gasteiger partial charge in [-0.05, 0) is 57.2 Å². The highest BCUT2D eigenvalue weighted by Gasteiger charge is 2.26. The number of likely N-dealkylation sites (N-methyl/N-ethyl adjacent to an activating group) is 1. The Balaban J connectivity index is 1.98. The third kappa shape index (κ3) is 5.88. The molecule has 2 rings (SSSR count). The van der Waals surface area contributed by atoms with Crippen LogP contribution in [0.3, 0.4) is 0 Å². The predicted octanol–water partition coefficient (Wildman–Crippen LogP) is 2.83. The van der Waals surface area contributed by atoms with Gasteiger partial charge >= 0.3 is 5.97 Å². The van der Waals surface area contributed by atoms with Crippen molar-refractivity contribution in [3.05, 3.63) is 59.7 Å². The lowest BCUT2D eigenvalue weighted by atomic mass is 10.1. The zero-order chi connectivity index (χ0) is 21.6. The SMILES string of the molecule is CCOc1ccc(C(=O)[C@H](C)OC(=O)CN(C)S(=O)(=O)c2ccc(C)cc2)cc1. The summed E-state index contributed by atoms with van der Waals surface area (Å²) >= 11 is 0. The maximum Gasteiger partial charge on any atom is 0.322 e. The van der Waals surface area contributed by atoms with Crippen LogP contribution in [0.15, 0.2) is 53.4 Å². The van der Waals surface area contributed by atoms with E-state index in [2.05, 4.69) is 0 Å². The summed E-state index contributed by atoms with van der Waals surface area (Å²) in [5, 5.41) is 0. The van der Waals surface area contributed by atoms with Gasteiger partial charge in [-0.15, -0.1) is 0 Å². The van der Waals surface area contributed by atoms with Gasteiger partial charge in [-0.25, -0.2) is 8.42 Å². The highest BCUT2D eigenvalue weighted by molar-refractivity contribution is 7.89. The van der Waals surface area contributed by atoms with Gasteiger partial charge in [0.05, 0.1) is 11.5 Å². The molecule has 0 N–H and O–H groups in total. The minimum Gasteiger partial charge on any atom is -0.494 e. The molecule has 0 saturated carbocycles. The quantitative estimate of drug-likeness (QED) is 0.459. The van der Waals surface area contributed by atoms with Crippen LogP contribution in [0.4, 0.5) is 0 Å². The molecular formula is C21H25NO6S. The Morgan fingerprint density at radius 1 is 1.03 bits per heavy atom. The molecule has 0 spiro atoms. The van der Waals surface area contributed by atoms with Gasteiger partial charge in [-0.3, -0.25) is 9.59 Å². The van der Waals surface area contributed by atoms with E-state index in [1.807, 2.05) is 13.8 Å². The molecule has 8 heteroatoms. The summed E-state index contributed by atoms with van der Waals surface area (Å²) < 4.78 is 36.5. The topological polar surface area (TPSA) is 90.0 Å². The Labute approximate surface area is 171 Å². The van der Waals surface area contributed by atoms with Gasteiger partial charge in [0, 0.05) is 12.6 Å². The first-order valence-electron chi connectivity index (χ1n) is 9.14. The van der Waals surface area contributed by atoms with Crippen molar-refractivity contribution >= 4 is 21.8 Å². The molecule has 1 atom stereocenters. The van der Waals surface area contributed by atoms with Crippen molar-refractivity contribution in [3.8, 4) is 5.75 Å². The van der Waals surface area contributed by atoms with E-state index in [4.69, 9.17) is 9.47 Å². The van der Waals surface area contributed by atoms with Gasteiger partial charge in [0.15, 0.2) is 6.10 Å². The van der Waals surface area contributed by atoms with Crippen molar-refractivity contribution < 1.29 is 27.5 Å². The standard InChI is InChI=1S/C21H25NO6S/c1-5-27-18-10-8-17(9-11-18)21(24)16(3)28-20(23)14-22(4)29(25,26)19-12-6-15(2)7-13-19/h6-13,16H,5,14H2,1-4H3/t16-/m0/s1. The fraction of sp³-hybridized carbons (Fsp3) is 0.333. The number of hydrogen-bond donors (Lipinski definition) is 0. The lowest BCUT2D eigenvalue weighted by Gasteiger charge is -2.18. The molecule has 0 amide bonds. The van der Waals surface area contributed by atoms with E-state index in [0.29, 0.717) is 17.9 Å². The lowest BCUT2D eigenvalue weighted by Crippen LogP contribution is -2.35.